The molecule has 57 heavy (non-hydrogen) atoms. The van der Waals surface area contributed by atoms with Crippen LogP contribution < -0.4 is 0 Å². The van der Waals surface area contributed by atoms with E-state index in [1.807, 2.05) is 6.21 Å². The average molecular weight is 732 g/mol. The maximum atomic E-state index is 6.92. The minimum absolute atomic E-state index is 0.205. The first-order valence-electron chi connectivity index (χ1n) is 19.9. The second kappa shape index (κ2) is 14.6. The van der Waals surface area contributed by atoms with Gasteiger partial charge in [0, 0.05) is 28.3 Å². The van der Waals surface area contributed by atoms with Crippen molar-refractivity contribution in [2.24, 2.45) is 10.9 Å². The number of aliphatic imine (C=N–C) groups is 1. The molecule has 10 rings (SSSR count). The Morgan fingerprint density at radius 2 is 1.05 bits per heavy atom. The van der Waals surface area contributed by atoms with E-state index in [4.69, 9.17) is 9.41 Å². The first kappa shape index (κ1) is 34.5. The lowest BCUT2D eigenvalue weighted by Crippen LogP contribution is -2.04. The fourth-order valence-corrected chi connectivity index (χ4v) is 8.66. The molecule has 0 unspecified atom stereocenters. The fourth-order valence-electron chi connectivity index (χ4n) is 8.66. The summed E-state index contributed by atoms with van der Waals surface area (Å²) >= 11 is 0. The molecule has 0 amide bonds. The highest BCUT2D eigenvalue weighted by molar-refractivity contribution is 6.34. The number of allylic oxidation sites excluding steroid dienone is 1. The Balaban J connectivity index is 1.24. The summed E-state index contributed by atoms with van der Waals surface area (Å²) in [7, 11) is 0. The van der Waals surface area contributed by atoms with Crippen molar-refractivity contribution in [3.05, 3.63) is 211 Å². The van der Waals surface area contributed by atoms with Crippen molar-refractivity contribution in [3.63, 3.8) is 0 Å². The monoisotopic (exact) mass is 731 g/mol. The third-order valence-corrected chi connectivity index (χ3v) is 11.4. The van der Waals surface area contributed by atoms with Gasteiger partial charge in [-0.15, -0.1) is 0 Å². The van der Waals surface area contributed by atoms with Gasteiger partial charge in [0.2, 0.25) is 0 Å². The Kier molecular flexibility index (Phi) is 8.80. The molecule has 0 radical (unpaired) electrons. The van der Waals surface area contributed by atoms with Crippen LogP contribution in [0.3, 0.4) is 0 Å². The number of hydrogen-bond acceptors (Lipinski definition) is 2. The quantitative estimate of drug-likeness (QED) is 0.113. The van der Waals surface area contributed by atoms with E-state index in [1.54, 1.807) is 0 Å². The van der Waals surface area contributed by atoms with Crippen molar-refractivity contribution in [1.82, 2.24) is 0 Å². The maximum Gasteiger partial charge on any atom is 0.144 e. The highest BCUT2D eigenvalue weighted by Crippen LogP contribution is 2.46. The number of hydrogen-bond donors (Lipinski definition) is 0. The van der Waals surface area contributed by atoms with Gasteiger partial charge in [0.05, 0.1) is 5.70 Å². The Labute approximate surface area is 333 Å². The zero-order valence-corrected chi connectivity index (χ0v) is 32.1. The topological polar surface area (TPSA) is 25.5 Å². The van der Waals surface area contributed by atoms with Crippen molar-refractivity contribution >= 4 is 66.2 Å². The minimum Gasteiger partial charge on any atom is -0.455 e. The lowest BCUT2D eigenvalue weighted by Gasteiger charge is -2.19. The number of nitrogens with zero attached hydrogens (tertiary/aromatic N) is 1. The van der Waals surface area contributed by atoms with Crippen molar-refractivity contribution in [3.8, 4) is 22.3 Å². The van der Waals surface area contributed by atoms with Crippen LogP contribution in [0.2, 0.25) is 0 Å². The molecule has 0 aliphatic carbocycles. The molecule has 2 nitrogen and oxygen atoms in total. The van der Waals surface area contributed by atoms with Crippen molar-refractivity contribution in [2.75, 3.05) is 0 Å². The van der Waals surface area contributed by atoms with E-state index in [0.717, 1.165) is 66.4 Å². The Morgan fingerprint density at radius 1 is 0.491 bits per heavy atom. The predicted octanol–water partition coefficient (Wildman–Crippen LogP) is 15.3. The third-order valence-electron chi connectivity index (χ3n) is 11.4. The number of para-hydroxylation sites is 1. The van der Waals surface area contributed by atoms with Gasteiger partial charge in [-0.2, -0.15) is 0 Å². The van der Waals surface area contributed by atoms with Gasteiger partial charge in [0.1, 0.15) is 11.2 Å². The van der Waals surface area contributed by atoms with Gasteiger partial charge in [-0.3, -0.25) is 4.99 Å². The first-order valence-corrected chi connectivity index (χ1v) is 19.9. The van der Waals surface area contributed by atoms with Gasteiger partial charge in [0.15, 0.2) is 0 Å². The summed E-state index contributed by atoms with van der Waals surface area (Å²) < 4.78 is 6.92. The summed E-state index contributed by atoms with van der Waals surface area (Å²) in [6.07, 6.45) is 4.39. The summed E-state index contributed by atoms with van der Waals surface area (Å²) in [6, 6.07) is 67.2. The average Bonchev–Trinajstić information content (AvgIpc) is 3.66. The van der Waals surface area contributed by atoms with Crippen LogP contribution in [0.1, 0.15) is 36.5 Å². The highest BCUT2D eigenvalue weighted by Gasteiger charge is 2.21. The molecule has 0 N–H and O–H groups in total. The number of rotatable bonds is 8. The molecule has 9 aromatic carbocycles. The maximum absolute atomic E-state index is 6.92. The summed E-state index contributed by atoms with van der Waals surface area (Å²) in [4.78, 5) is 5.33. The molecule has 0 aliphatic rings. The van der Waals surface area contributed by atoms with Crippen molar-refractivity contribution in [1.29, 1.82) is 0 Å². The van der Waals surface area contributed by atoms with Gasteiger partial charge in [0.25, 0.3) is 0 Å². The molecular weight excluding hydrogens is 691 g/mol. The van der Waals surface area contributed by atoms with Crippen LogP contribution in [0.5, 0.6) is 0 Å². The van der Waals surface area contributed by atoms with Crippen LogP contribution >= 0.6 is 0 Å². The second-order valence-corrected chi connectivity index (χ2v) is 15.3. The Bertz CT molecular complexity index is 3140. The molecule has 0 bridgehead atoms. The molecule has 2 heteroatoms. The van der Waals surface area contributed by atoms with E-state index < -0.39 is 0 Å². The van der Waals surface area contributed by atoms with E-state index in [9.17, 15) is 0 Å². The largest absolute Gasteiger partial charge is 0.455 e. The number of benzene rings is 9. The van der Waals surface area contributed by atoms with Crippen LogP contribution in [0.15, 0.2) is 204 Å². The van der Waals surface area contributed by atoms with Crippen molar-refractivity contribution < 1.29 is 4.42 Å². The molecule has 0 saturated heterocycles. The molecular formula is C55H41NO. The normalized spacial score (nSPS) is 12.9. The molecule has 0 aliphatic heterocycles. The fraction of sp³-hybridized carbons (Fsp3) is 0.0727. The molecule has 0 spiro atoms. The zero-order valence-electron chi connectivity index (χ0n) is 32.1. The molecule has 1 heterocycles. The van der Waals surface area contributed by atoms with E-state index in [2.05, 4.69) is 208 Å². The van der Waals surface area contributed by atoms with Gasteiger partial charge < -0.3 is 4.42 Å². The number of fused-ring (bicyclic) bond motifs is 10. The first-order chi connectivity index (χ1) is 28.1. The summed E-state index contributed by atoms with van der Waals surface area (Å²) in [5.41, 5.74) is 10.7. The van der Waals surface area contributed by atoms with Crippen molar-refractivity contribution in [2.45, 2.75) is 19.8 Å². The molecule has 10 aromatic rings. The smallest absolute Gasteiger partial charge is 0.144 e. The van der Waals surface area contributed by atoms with Crippen LogP contribution in [0.4, 0.5) is 0 Å². The van der Waals surface area contributed by atoms with Gasteiger partial charge >= 0.3 is 0 Å². The standard InChI is InChI=1S/C55H41NO/c1-36(2)48(39-20-8-4-9-21-39)34-51(40-22-10-5-11-23-40)56-35-37-30-41(38-18-6-3-7-19-38)32-42(31-37)49-33-50-45-26-13-12-24-43(45)44-25-14-15-27-46(44)53(50)55-54(49)47-28-16-17-29-52(47)57-55/h3-36,48H,1-2H3/b51-34-,56-35?/t48-/m0/s1. The SMILES string of the molecule is CC(C)[C@H](/C=C(\N=Cc1cc(-c2ccccc2)cc(-c2cc3c4ccccc4c4ccccc4c3c3oc4ccccc4c23)c1)c1ccccc1)c1ccccc1. The van der Waals surface area contributed by atoms with Gasteiger partial charge in [-0.25, -0.2) is 0 Å². The zero-order chi connectivity index (χ0) is 38.3. The summed E-state index contributed by atoms with van der Waals surface area (Å²) in [5.74, 6) is 0.596. The van der Waals surface area contributed by atoms with Gasteiger partial charge in [-0.05, 0) is 102 Å². The summed E-state index contributed by atoms with van der Waals surface area (Å²) in [6.45, 7) is 4.57. The molecule has 1 aromatic heterocycles. The second-order valence-electron chi connectivity index (χ2n) is 15.3. The summed E-state index contributed by atoms with van der Waals surface area (Å²) in [5, 5.41) is 9.44. The molecule has 0 fully saturated rings. The van der Waals surface area contributed by atoms with Gasteiger partial charge in [-0.1, -0.05) is 178 Å². The molecule has 1 atom stereocenters. The third kappa shape index (κ3) is 6.30. The Hall–Kier alpha value is -7.03. The lowest BCUT2D eigenvalue weighted by molar-refractivity contribution is 0.578. The minimum atomic E-state index is 0.205. The molecule has 0 saturated carbocycles. The lowest BCUT2D eigenvalue weighted by atomic mass is 9.87. The van der Waals surface area contributed by atoms with Crippen LogP contribution in [-0.4, -0.2) is 6.21 Å². The van der Waals surface area contributed by atoms with Crippen LogP contribution in [0, 0.1) is 5.92 Å². The van der Waals surface area contributed by atoms with Crippen LogP contribution in [0.25, 0.3) is 82.2 Å². The molecule has 272 valence electrons. The number of furan rings is 1. The van der Waals surface area contributed by atoms with E-state index in [0.29, 0.717) is 5.92 Å². The van der Waals surface area contributed by atoms with E-state index >= 15 is 0 Å². The Morgan fingerprint density at radius 3 is 1.75 bits per heavy atom. The predicted molar refractivity (Wildman–Crippen MR) is 243 cm³/mol. The van der Waals surface area contributed by atoms with E-state index in [-0.39, 0.29) is 5.92 Å². The van der Waals surface area contributed by atoms with E-state index in [1.165, 1.54) is 32.5 Å². The highest BCUT2D eigenvalue weighted by atomic mass is 16.3. The van der Waals surface area contributed by atoms with Crippen LogP contribution in [-0.2, 0) is 0 Å².